The molecule has 4 aromatic carbocycles. The van der Waals surface area contributed by atoms with E-state index in [0.717, 1.165) is 16.3 Å². The standard InChI is InChI=1S/C67H87ClN16O12/c1-38(2)30-50(60(90)78-49(17-10-28-75-67(72)73)66(96)84-29-11-18-55(84)65(95)76-39(3)57(71)87)80-62(92)53(35-43-14-9-27-74-36-43)81-59(89)48(25-26-56(70)86)77-64(94)54(37-85)83-63(93)52(33-40-12-5-4-6-13-40)82-61(91)51(34-41-20-23-46(68)24-21-41)79-58(88)47(69)32-42-19-22-44-15-7-8-16-45(44)31-42/h4-9,12-16,19-24,27,31,36,38-39,47-55,85H,10-11,17-18,25-26,28-30,32-35,37,69H2,1-3H3,(H2,70,86)(H2,71,87)(H,76,95)(H,77,94)(H,78,90)(H,79,88)(H,80,92)(H,81,89)(H,82,91)(H,83,93)(H4,72,73,75)/t39-,47-,48+,49+,50+,51-,52-,53-,54+,55+/m1/s1. The van der Waals surface area contributed by atoms with Gasteiger partial charge in [0.25, 0.3) is 0 Å². The van der Waals surface area contributed by atoms with Crippen LogP contribution in [0.5, 0.6) is 0 Å². The summed E-state index contributed by atoms with van der Waals surface area (Å²) in [6.07, 6.45) is 2.43. The van der Waals surface area contributed by atoms with Crippen LogP contribution in [0.3, 0.4) is 0 Å². The Hall–Kier alpha value is -10.1. The smallest absolute Gasteiger partial charge is 0.245 e. The number of nitrogens with two attached hydrogens (primary N) is 5. The van der Waals surface area contributed by atoms with Gasteiger partial charge in [0.15, 0.2) is 5.96 Å². The molecule has 0 radical (unpaired) electrons. The second kappa shape index (κ2) is 37.1. The third-order valence-corrected chi connectivity index (χ3v) is 16.2. The number of benzene rings is 4. The van der Waals surface area contributed by atoms with Crippen LogP contribution in [-0.4, -0.2) is 166 Å². The number of hydrogen-bond donors (Lipinski definition) is 14. The van der Waals surface area contributed by atoms with Crippen LogP contribution in [0.15, 0.2) is 127 Å². The summed E-state index contributed by atoms with van der Waals surface area (Å²) in [6, 6.07) is 18.0. The van der Waals surface area contributed by atoms with Crippen LogP contribution < -0.4 is 71.2 Å². The fourth-order valence-electron chi connectivity index (χ4n) is 10.8. The highest BCUT2D eigenvalue weighted by molar-refractivity contribution is 6.30. The topological polar surface area (TPSA) is 463 Å². The first kappa shape index (κ1) is 75.0. The SMILES string of the molecule is CC(C)C[C@H](NC(=O)[C@@H](Cc1cccnc1)NC(=O)[C@H](CCC(N)=O)NC(=O)[C@H](CO)NC(=O)[C@@H](Cc1ccccc1)NC(=O)[C@@H](Cc1ccc(Cl)cc1)NC(=O)[C@H](N)Cc1ccc2ccccc2c1)C(=O)N[C@@H](CCCN=C(N)N)C(=O)N1CCC[C@H]1C(=O)N[C@H](C)C(N)=O. The quantitative estimate of drug-likeness (QED) is 0.0133. The number of amides is 11. The lowest BCUT2D eigenvalue weighted by atomic mass is 10.00. The zero-order valence-corrected chi connectivity index (χ0v) is 54.6. The largest absolute Gasteiger partial charge is 0.394 e. The third-order valence-electron chi connectivity index (χ3n) is 16.0. The van der Waals surface area contributed by atoms with Crippen molar-refractivity contribution < 1.29 is 57.8 Å². The van der Waals surface area contributed by atoms with Crippen molar-refractivity contribution in [2.45, 2.75) is 152 Å². The number of aromatic nitrogens is 1. The van der Waals surface area contributed by atoms with Gasteiger partial charge >= 0.3 is 0 Å². The number of halogens is 1. The highest BCUT2D eigenvalue weighted by Crippen LogP contribution is 2.22. The molecule has 0 unspecified atom stereocenters. The molecule has 0 saturated carbocycles. The molecular weight excluding hydrogens is 1260 g/mol. The first-order chi connectivity index (χ1) is 45.8. The van der Waals surface area contributed by atoms with Crippen molar-refractivity contribution in [3.63, 3.8) is 0 Å². The number of aliphatic hydroxyl groups is 1. The predicted octanol–water partition coefficient (Wildman–Crippen LogP) is -0.782. The van der Waals surface area contributed by atoms with Gasteiger partial charge in [-0.2, -0.15) is 0 Å². The summed E-state index contributed by atoms with van der Waals surface area (Å²) in [7, 11) is 0. The van der Waals surface area contributed by atoms with Crippen LogP contribution in [0.25, 0.3) is 10.8 Å². The van der Waals surface area contributed by atoms with Crippen molar-refractivity contribution in [2.24, 2.45) is 39.6 Å². The van der Waals surface area contributed by atoms with Gasteiger partial charge in [0.2, 0.25) is 65.0 Å². The fraction of sp³-hybridized carbons (Fsp3) is 0.418. The van der Waals surface area contributed by atoms with E-state index < -0.39 is 145 Å². The van der Waals surface area contributed by atoms with Crippen molar-refractivity contribution in [1.82, 2.24) is 52.4 Å². The number of nitrogens with zero attached hydrogens (tertiary/aromatic N) is 3. The molecule has 11 amide bonds. The van der Waals surface area contributed by atoms with Crippen molar-refractivity contribution in [3.8, 4) is 0 Å². The molecule has 6 rings (SSSR count). The Morgan fingerprint density at radius 2 is 1.09 bits per heavy atom. The molecule has 5 aromatic rings. The van der Waals surface area contributed by atoms with Gasteiger partial charge < -0.3 is 81.2 Å². The van der Waals surface area contributed by atoms with E-state index >= 15 is 0 Å². The number of carbonyl (C=O) groups excluding carboxylic acids is 11. The number of aliphatic hydroxyl groups excluding tert-OH is 1. The molecule has 1 aromatic heterocycles. The molecule has 514 valence electrons. The number of nitrogens with one attached hydrogen (secondary N) is 8. The molecule has 0 aliphatic carbocycles. The molecule has 1 aliphatic heterocycles. The number of rotatable bonds is 36. The van der Waals surface area contributed by atoms with E-state index in [1.165, 1.54) is 24.2 Å². The fourth-order valence-corrected chi connectivity index (χ4v) is 10.9. The van der Waals surface area contributed by atoms with Crippen LogP contribution in [-0.2, 0) is 78.4 Å². The summed E-state index contributed by atoms with van der Waals surface area (Å²) in [5.74, 6) is -9.75. The number of guanidine groups is 1. The van der Waals surface area contributed by atoms with E-state index in [0.29, 0.717) is 28.1 Å². The van der Waals surface area contributed by atoms with Gasteiger partial charge in [0, 0.05) is 56.2 Å². The molecule has 10 atom stereocenters. The van der Waals surface area contributed by atoms with Crippen molar-refractivity contribution in [3.05, 3.63) is 149 Å². The summed E-state index contributed by atoms with van der Waals surface area (Å²) < 4.78 is 0. The van der Waals surface area contributed by atoms with Gasteiger partial charge in [-0.05, 0) is 109 Å². The van der Waals surface area contributed by atoms with Crippen molar-refractivity contribution >= 4 is 93.3 Å². The average Bonchev–Trinajstić information content (AvgIpc) is 1.70. The van der Waals surface area contributed by atoms with Gasteiger partial charge in [-0.1, -0.05) is 116 Å². The Kier molecular flexibility index (Phi) is 29.0. The molecule has 28 nitrogen and oxygen atoms in total. The molecular formula is C67H87ClN16O12. The number of fused-ring (bicyclic) bond motifs is 1. The number of carbonyl (C=O) groups is 11. The van der Waals surface area contributed by atoms with E-state index in [9.17, 15) is 57.8 Å². The predicted molar refractivity (Wildman–Crippen MR) is 359 cm³/mol. The Morgan fingerprint density at radius 1 is 0.573 bits per heavy atom. The molecule has 29 heteroatoms. The number of likely N-dealkylation sites (tertiary alicyclic amines) is 1. The average molecular weight is 1340 g/mol. The van der Waals surface area contributed by atoms with Gasteiger partial charge in [-0.3, -0.25) is 62.7 Å². The first-order valence-corrected chi connectivity index (χ1v) is 32.0. The molecule has 2 heterocycles. The van der Waals surface area contributed by atoms with E-state index in [-0.39, 0.29) is 76.3 Å². The highest BCUT2D eigenvalue weighted by Gasteiger charge is 2.40. The molecule has 96 heavy (non-hydrogen) atoms. The second-order valence-corrected chi connectivity index (χ2v) is 24.5. The zero-order chi connectivity index (χ0) is 70.0. The normalized spacial score (nSPS) is 15.5. The minimum absolute atomic E-state index is 0.00379. The second-order valence-electron chi connectivity index (χ2n) is 24.1. The maximum absolute atomic E-state index is 14.7. The third kappa shape index (κ3) is 23.7. The van der Waals surface area contributed by atoms with Crippen LogP contribution in [0.4, 0.5) is 0 Å². The maximum atomic E-state index is 14.7. The van der Waals surface area contributed by atoms with Gasteiger partial charge in [-0.15, -0.1) is 0 Å². The number of hydrogen-bond acceptors (Lipinski definition) is 15. The molecule has 1 aliphatic rings. The molecule has 0 bridgehead atoms. The van der Waals surface area contributed by atoms with E-state index in [2.05, 4.69) is 52.5 Å². The minimum atomic E-state index is -1.82. The van der Waals surface area contributed by atoms with Gasteiger partial charge in [0.1, 0.15) is 54.4 Å². The first-order valence-electron chi connectivity index (χ1n) is 31.7. The Balaban J connectivity index is 1.21. The van der Waals surface area contributed by atoms with Crippen molar-refractivity contribution in [1.29, 1.82) is 0 Å². The lowest BCUT2D eigenvalue weighted by molar-refractivity contribution is -0.142. The van der Waals surface area contributed by atoms with Crippen LogP contribution >= 0.6 is 11.6 Å². The van der Waals surface area contributed by atoms with E-state index in [1.807, 2.05) is 42.5 Å². The molecule has 1 saturated heterocycles. The summed E-state index contributed by atoms with van der Waals surface area (Å²) >= 11 is 6.19. The lowest BCUT2D eigenvalue weighted by Gasteiger charge is -2.31. The maximum Gasteiger partial charge on any atom is 0.245 e. The summed E-state index contributed by atoms with van der Waals surface area (Å²) in [5.41, 5.74) is 30.9. The number of aliphatic imine (C=N–C) groups is 1. The Morgan fingerprint density at radius 3 is 1.69 bits per heavy atom. The van der Waals surface area contributed by atoms with Crippen LogP contribution in [0.2, 0.25) is 5.02 Å². The molecule has 19 N–H and O–H groups in total. The van der Waals surface area contributed by atoms with E-state index in [1.54, 1.807) is 80.6 Å². The number of primary amides is 2. The van der Waals surface area contributed by atoms with Gasteiger partial charge in [-0.25, -0.2) is 0 Å². The van der Waals surface area contributed by atoms with Crippen LogP contribution in [0.1, 0.15) is 88.0 Å². The number of pyridine rings is 1. The monoisotopic (exact) mass is 1340 g/mol. The Labute approximate surface area is 561 Å². The van der Waals surface area contributed by atoms with Crippen molar-refractivity contribution in [2.75, 3.05) is 19.7 Å². The highest BCUT2D eigenvalue weighted by atomic mass is 35.5. The van der Waals surface area contributed by atoms with Gasteiger partial charge in [0.05, 0.1) is 12.6 Å². The Bertz CT molecular complexity index is 3550. The summed E-state index contributed by atoms with van der Waals surface area (Å²) in [4.78, 5) is 162. The lowest BCUT2D eigenvalue weighted by Crippen LogP contribution is -2.61. The van der Waals surface area contributed by atoms with E-state index in [4.69, 9.17) is 40.3 Å². The minimum Gasteiger partial charge on any atom is -0.394 e. The zero-order valence-electron chi connectivity index (χ0n) is 53.8. The summed E-state index contributed by atoms with van der Waals surface area (Å²) in [6.45, 7) is 4.10. The molecule has 0 spiro atoms. The summed E-state index contributed by atoms with van der Waals surface area (Å²) in [5, 5.41) is 34.1. The van der Waals surface area contributed by atoms with Crippen LogP contribution in [0, 0.1) is 5.92 Å². The molecule has 1 fully saturated rings.